The first kappa shape index (κ1) is 12.2. The first-order chi connectivity index (χ1) is 8.70. The fourth-order valence-corrected chi connectivity index (χ4v) is 1.82. The van der Waals surface area contributed by atoms with E-state index in [1.807, 2.05) is 36.5 Å². The third kappa shape index (κ3) is 2.70. The van der Waals surface area contributed by atoms with Gasteiger partial charge in [-0.15, -0.1) is 0 Å². The molecule has 0 aliphatic rings. The van der Waals surface area contributed by atoms with Gasteiger partial charge in [0.15, 0.2) is 0 Å². The Kier molecular flexibility index (Phi) is 3.64. The molecular weight excluding hydrogens is 220 g/mol. The fourth-order valence-electron chi connectivity index (χ4n) is 1.82. The minimum atomic E-state index is 0.511. The number of allylic oxidation sites excluding steroid dienone is 1. The van der Waals surface area contributed by atoms with Crippen LogP contribution in [0.5, 0.6) is 0 Å². The van der Waals surface area contributed by atoms with E-state index in [1.165, 1.54) is 5.56 Å². The summed E-state index contributed by atoms with van der Waals surface area (Å²) < 4.78 is 0. The molecule has 0 saturated carbocycles. The maximum Gasteiger partial charge on any atom is 0.0998 e. The SMILES string of the molecule is CC(C)c1ccc(/C(C#N)=C/c2ccc[nH]2)cc1. The minimum Gasteiger partial charge on any atom is -0.362 e. The number of benzene rings is 1. The molecule has 2 rings (SSSR count). The predicted octanol–water partition coefficient (Wildman–Crippen LogP) is 4.20. The number of rotatable bonds is 3. The lowest BCUT2D eigenvalue weighted by Gasteiger charge is -2.06. The highest BCUT2D eigenvalue weighted by Crippen LogP contribution is 2.20. The number of aromatic amines is 1. The zero-order valence-electron chi connectivity index (χ0n) is 10.6. The summed E-state index contributed by atoms with van der Waals surface area (Å²) in [6, 6.07) is 14.3. The van der Waals surface area contributed by atoms with Gasteiger partial charge in [-0.3, -0.25) is 0 Å². The van der Waals surface area contributed by atoms with Crippen molar-refractivity contribution in [2.75, 3.05) is 0 Å². The Morgan fingerprint density at radius 2 is 1.94 bits per heavy atom. The van der Waals surface area contributed by atoms with Crippen molar-refractivity contribution in [3.8, 4) is 6.07 Å². The lowest BCUT2D eigenvalue weighted by Crippen LogP contribution is -1.88. The molecule has 0 atom stereocenters. The Labute approximate surface area is 108 Å². The number of H-pyrrole nitrogens is 1. The third-order valence-electron chi connectivity index (χ3n) is 2.93. The summed E-state index contributed by atoms with van der Waals surface area (Å²) in [6.07, 6.45) is 3.72. The molecule has 2 heteroatoms. The van der Waals surface area contributed by atoms with Gasteiger partial charge in [-0.1, -0.05) is 38.1 Å². The van der Waals surface area contributed by atoms with E-state index >= 15 is 0 Å². The zero-order chi connectivity index (χ0) is 13.0. The molecule has 0 aliphatic carbocycles. The molecule has 1 heterocycles. The van der Waals surface area contributed by atoms with Crippen molar-refractivity contribution in [3.05, 3.63) is 59.4 Å². The topological polar surface area (TPSA) is 39.6 Å². The molecule has 1 aromatic carbocycles. The average Bonchev–Trinajstić information content (AvgIpc) is 2.89. The molecule has 0 radical (unpaired) electrons. The van der Waals surface area contributed by atoms with Crippen LogP contribution in [-0.4, -0.2) is 4.98 Å². The molecule has 18 heavy (non-hydrogen) atoms. The maximum atomic E-state index is 9.22. The first-order valence-corrected chi connectivity index (χ1v) is 6.06. The number of hydrogen-bond acceptors (Lipinski definition) is 1. The van der Waals surface area contributed by atoms with Crippen LogP contribution in [-0.2, 0) is 0 Å². The summed E-state index contributed by atoms with van der Waals surface area (Å²) in [7, 11) is 0. The van der Waals surface area contributed by atoms with Crippen LogP contribution in [0.1, 0.15) is 36.6 Å². The van der Waals surface area contributed by atoms with Gasteiger partial charge in [-0.2, -0.15) is 5.26 Å². The van der Waals surface area contributed by atoms with E-state index in [2.05, 4.69) is 37.0 Å². The van der Waals surface area contributed by atoms with Crippen molar-refractivity contribution in [2.45, 2.75) is 19.8 Å². The number of nitriles is 1. The normalized spacial score (nSPS) is 11.6. The van der Waals surface area contributed by atoms with E-state index in [-0.39, 0.29) is 0 Å². The molecule has 0 spiro atoms. The van der Waals surface area contributed by atoms with Crippen molar-refractivity contribution < 1.29 is 0 Å². The van der Waals surface area contributed by atoms with Gasteiger partial charge in [0.2, 0.25) is 0 Å². The van der Waals surface area contributed by atoms with Crippen LogP contribution >= 0.6 is 0 Å². The number of aromatic nitrogens is 1. The van der Waals surface area contributed by atoms with Crippen LogP contribution in [0.4, 0.5) is 0 Å². The molecule has 2 nitrogen and oxygen atoms in total. The first-order valence-electron chi connectivity index (χ1n) is 6.06. The van der Waals surface area contributed by atoms with Gasteiger partial charge in [0.25, 0.3) is 0 Å². The highest BCUT2D eigenvalue weighted by atomic mass is 14.7. The summed E-state index contributed by atoms with van der Waals surface area (Å²) in [4.78, 5) is 3.07. The van der Waals surface area contributed by atoms with Gasteiger partial charge >= 0.3 is 0 Å². The smallest absolute Gasteiger partial charge is 0.0998 e. The van der Waals surface area contributed by atoms with Gasteiger partial charge in [-0.05, 0) is 35.3 Å². The second-order valence-corrected chi connectivity index (χ2v) is 4.57. The van der Waals surface area contributed by atoms with Crippen molar-refractivity contribution in [1.82, 2.24) is 4.98 Å². The van der Waals surface area contributed by atoms with E-state index in [9.17, 15) is 5.26 Å². The van der Waals surface area contributed by atoms with Crippen molar-refractivity contribution in [2.24, 2.45) is 0 Å². The Morgan fingerprint density at radius 1 is 1.22 bits per heavy atom. The number of nitrogens with one attached hydrogen (secondary N) is 1. The second-order valence-electron chi connectivity index (χ2n) is 4.57. The zero-order valence-corrected chi connectivity index (χ0v) is 10.6. The van der Waals surface area contributed by atoms with Crippen molar-refractivity contribution in [3.63, 3.8) is 0 Å². The van der Waals surface area contributed by atoms with Crippen LogP contribution < -0.4 is 0 Å². The van der Waals surface area contributed by atoms with E-state index < -0.39 is 0 Å². The van der Waals surface area contributed by atoms with Gasteiger partial charge in [0, 0.05) is 11.9 Å². The fraction of sp³-hybridized carbons (Fsp3) is 0.188. The standard InChI is InChI=1S/C16H16N2/c1-12(2)13-5-7-14(8-6-13)15(11-17)10-16-4-3-9-18-16/h3-10,12,18H,1-2H3/b15-10+. The highest BCUT2D eigenvalue weighted by molar-refractivity contribution is 5.88. The Balaban J connectivity index is 2.32. The summed E-state index contributed by atoms with van der Waals surface area (Å²) in [5.74, 6) is 0.511. The van der Waals surface area contributed by atoms with Crippen LogP contribution in [0.3, 0.4) is 0 Å². The van der Waals surface area contributed by atoms with Gasteiger partial charge < -0.3 is 4.98 Å². The molecule has 90 valence electrons. The Morgan fingerprint density at radius 3 is 2.44 bits per heavy atom. The van der Waals surface area contributed by atoms with Gasteiger partial charge in [0.05, 0.1) is 11.6 Å². The molecule has 0 bridgehead atoms. The van der Waals surface area contributed by atoms with Gasteiger partial charge in [-0.25, -0.2) is 0 Å². The monoisotopic (exact) mass is 236 g/mol. The second kappa shape index (κ2) is 5.37. The summed E-state index contributed by atoms with van der Waals surface area (Å²) in [6.45, 7) is 4.32. The van der Waals surface area contributed by atoms with E-state index in [0.29, 0.717) is 11.5 Å². The van der Waals surface area contributed by atoms with Crippen molar-refractivity contribution >= 4 is 11.6 Å². The minimum absolute atomic E-state index is 0.511. The lowest BCUT2D eigenvalue weighted by atomic mass is 9.99. The van der Waals surface area contributed by atoms with Crippen LogP contribution in [0, 0.1) is 11.3 Å². The molecule has 0 saturated heterocycles. The quantitative estimate of drug-likeness (QED) is 0.797. The van der Waals surface area contributed by atoms with Crippen LogP contribution in [0.15, 0.2) is 42.6 Å². The van der Waals surface area contributed by atoms with E-state index in [1.54, 1.807) is 0 Å². The van der Waals surface area contributed by atoms with Gasteiger partial charge in [0.1, 0.15) is 0 Å². The maximum absolute atomic E-state index is 9.22. The molecule has 0 unspecified atom stereocenters. The average molecular weight is 236 g/mol. The molecule has 2 aromatic rings. The number of nitrogens with zero attached hydrogens (tertiary/aromatic N) is 1. The molecule has 0 fully saturated rings. The highest BCUT2D eigenvalue weighted by Gasteiger charge is 2.03. The summed E-state index contributed by atoms with van der Waals surface area (Å²) in [5.41, 5.74) is 3.86. The Bertz CT molecular complexity index is 567. The molecular formula is C16H16N2. The van der Waals surface area contributed by atoms with Crippen LogP contribution in [0.2, 0.25) is 0 Å². The van der Waals surface area contributed by atoms with Crippen LogP contribution in [0.25, 0.3) is 11.6 Å². The molecule has 0 amide bonds. The predicted molar refractivity (Wildman–Crippen MR) is 74.8 cm³/mol. The molecule has 1 N–H and O–H groups in total. The lowest BCUT2D eigenvalue weighted by molar-refractivity contribution is 0.866. The largest absolute Gasteiger partial charge is 0.362 e. The molecule has 0 aliphatic heterocycles. The molecule has 1 aromatic heterocycles. The third-order valence-corrected chi connectivity index (χ3v) is 2.93. The summed E-state index contributed by atoms with van der Waals surface area (Å²) >= 11 is 0. The summed E-state index contributed by atoms with van der Waals surface area (Å²) in [5, 5.41) is 9.22. The Hall–Kier alpha value is -2.27. The number of hydrogen-bond donors (Lipinski definition) is 1. The van der Waals surface area contributed by atoms with E-state index in [4.69, 9.17) is 0 Å². The van der Waals surface area contributed by atoms with Crippen molar-refractivity contribution in [1.29, 1.82) is 5.26 Å². The van der Waals surface area contributed by atoms with E-state index in [0.717, 1.165) is 11.3 Å².